The van der Waals surface area contributed by atoms with Gasteiger partial charge in [-0.15, -0.1) is 0 Å². The van der Waals surface area contributed by atoms with Gasteiger partial charge in [0.1, 0.15) is 0 Å². The molecule has 1 aliphatic carbocycles. The fourth-order valence-corrected chi connectivity index (χ4v) is 2.04. The molecule has 0 spiro atoms. The third-order valence-electron chi connectivity index (χ3n) is 3.61. The number of nitrogens with two attached hydrogens (primary N) is 1. The summed E-state index contributed by atoms with van der Waals surface area (Å²) in [6, 6.07) is 0. The lowest BCUT2D eigenvalue weighted by Crippen LogP contribution is -2.62. The maximum Gasteiger partial charge on any atom is 0.240 e. The van der Waals surface area contributed by atoms with Crippen molar-refractivity contribution in [1.29, 1.82) is 0 Å². The molecule has 0 heterocycles. The van der Waals surface area contributed by atoms with Gasteiger partial charge in [-0.25, -0.2) is 0 Å². The summed E-state index contributed by atoms with van der Waals surface area (Å²) in [5.41, 5.74) is 4.25. The van der Waals surface area contributed by atoms with Crippen LogP contribution in [-0.2, 0) is 4.79 Å². The quantitative estimate of drug-likeness (QED) is 0.512. The highest BCUT2D eigenvalue weighted by Gasteiger charge is 2.40. The van der Waals surface area contributed by atoms with Gasteiger partial charge in [-0.3, -0.25) is 4.79 Å². The lowest BCUT2D eigenvalue weighted by Gasteiger charge is -2.34. The van der Waals surface area contributed by atoms with E-state index < -0.39 is 11.1 Å². The van der Waals surface area contributed by atoms with Gasteiger partial charge in [0, 0.05) is 0 Å². The number of rotatable bonds is 5. The minimum absolute atomic E-state index is 0.255. The Bertz CT molecular complexity index is 237. The van der Waals surface area contributed by atoms with Gasteiger partial charge in [0.05, 0.1) is 24.3 Å². The zero-order valence-electron chi connectivity index (χ0n) is 9.83. The van der Waals surface area contributed by atoms with Crippen molar-refractivity contribution in [1.82, 2.24) is 5.32 Å². The summed E-state index contributed by atoms with van der Waals surface area (Å²) < 4.78 is 0. The summed E-state index contributed by atoms with van der Waals surface area (Å²) in [4.78, 5) is 12.0. The second kappa shape index (κ2) is 5.12. The Balaban J connectivity index is 2.68. The molecule has 0 aromatic carbocycles. The molecule has 0 aromatic heterocycles. The molecule has 1 amide bonds. The molecule has 0 unspecified atom stereocenters. The summed E-state index contributed by atoms with van der Waals surface area (Å²) in [6.45, 7) is 1.26. The van der Waals surface area contributed by atoms with E-state index in [1.807, 2.05) is 6.92 Å². The number of hydrogen-bond acceptors (Lipinski definition) is 4. The molecular weight excluding hydrogens is 208 g/mol. The number of carbonyl (C=O) groups excluding carboxylic acids is 1. The molecule has 0 aromatic rings. The molecule has 0 radical (unpaired) electrons. The van der Waals surface area contributed by atoms with Crippen LogP contribution in [0.15, 0.2) is 0 Å². The first-order valence-corrected chi connectivity index (χ1v) is 5.85. The lowest BCUT2D eigenvalue weighted by atomic mass is 9.93. The number of nitrogens with one attached hydrogen (secondary N) is 1. The van der Waals surface area contributed by atoms with Gasteiger partial charge >= 0.3 is 0 Å². The predicted octanol–water partition coefficient (Wildman–Crippen LogP) is -0.492. The van der Waals surface area contributed by atoms with Crippen LogP contribution in [0.4, 0.5) is 0 Å². The summed E-state index contributed by atoms with van der Waals surface area (Å²) in [6.07, 6.45) is 3.75. The third kappa shape index (κ3) is 2.53. The van der Waals surface area contributed by atoms with Crippen LogP contribution in [0.2, 0.25) is 0 Å². The zero-order chi connectivity index (χ0) is 12.2. The van der Waals surface area contributed by atoms with Crippen LogP contribution < -0.4 is 11.1 Å². The van der Waals surface area contributed by atoms with E-state index in [1.54, 1.807) is 0 Å². The Morgan fingerprint density at radius 1 is 1.38 bits per heavy atom. The highest BCUT2D eigenvalue weighted by Crippen LogP contribution is 2.28. The number of hydrogen-bond donors (Lipinski definition) is 4. The SMILES string of the molecule is CCC(CO)(CO)NC(=O)C1(N)CCCC1. The van der Waals surface area contributed by atoms with Gasteiger partial charge in [0.25, 0.3) is 0 Å². The van der Waals surface area contributed by atoms with Crippen LogP contribution in [0.3, 0.4) is 0 Å². The Morgan fingerprint density at radius 3 is 2.25 bits per heavy atom. The second-order valence-corrected chi connectivity index (χ2v) is 4.77. The molecule has 0 saturated heterocycles. The molecule has 94 valence electrons. The molecule has 1 rings (SSSR count). The Morgan fingerprint density at radius 2 is 1.88 bits per heavy atom. The molecule has 1 fully saturated rings. The number of carbonyl (C=O) groups is 1. The Labute approximate surface area is 96.0 Å². The molecular formula is C11H22N2O3. The Kier molecular flexibility index (Phi) is 4.29. The first-order chi connectivity index (χ1) is 7.52. The van der Waals surface area contributed by atoms with E-state index in [1.165, 1.54) is 0 Å². The topological polar surface area (TPSA) is 95.6 Å². The van der Waals surface area contributed by atoms with Crippen molar-refractivity contribution in [3.05, 3.63) is 0 Å². The zero-order valence-corrected chi connectivity index (χ0v) is 9.83. The maximum absolute atomic E-state index is 12.0. The van der Waals surface area contributed by atoms with Crippen molar-refractivity contribution in [2.24, 2.45) is 5.73 Å². The first kappa shape index (κ1) is 13.4. The highest BCUT2D eigenvalue weighted by atomic mass is 16.3. The predicted molar refractivity (Wildman–Crippen MR) is 60.7 cm³/mol. The van der Waals surface area contributed by atoms with Crippen LogP contribution in [0.1, 0.15) is 39.0 Å². The van der Waals surface area contributed by atoms with Gasteiger partial charge in [-0.1, -0.05) is 19.8 Å². The van der Waals surface area contributed by atoms with Crippen molar-refractivity contribution in [2.75, 3.05) is 13.2 Å². The average molecular weight is 230 g/mol. The van der Waals surface area contributed by atoms with Crippen LogP contribution in [0.5, 0.6) is 0 Å². The average Bonchev–Trinajstić information content (AvgIpc) is 2.74. The van der Waals surface area contributed by atoms with E-state index in [2.05, 4.69) is 5.32 Å². The molecule has 5 N–H and O–H groups in total. The van der Waals surface area contributed by atoms with Gasteiger partial charge in [-0.2, -0.15) is 0 Å². The normalized spacial score (nSPS) is 19.8. The summed E-state index contributed by atoms with van der Waals surface area (Å²) in [7, 11) is 0. The minimum Gasteiger partial charge on any atom is -0.394 e. The van der Waals surface area contributed by atoms with Crippen molar-refractivity contribution < 1.29 is 15.0 Å². The van der Waals surface area contributed by atoms with Crippen molar-refractivity contribution in [3.63, 3.8) is 0 Å². The summed E-state index contributed by atoms with van der Waals surface area (Å²) in [5.74, 6) is -0.255. The van der Waals surface area contributed by atoms with Gasteiger partial charge in [0.15, 0.2) is 0 Å². The summed E-state index contributed by atoms with van der Waals surface area (Å²) >= 11 is 0. The van der Waals surface area contributed by atoms with Crippen molar-refractivity contribution >= 4 is 5.91 Å². The van der Waals surface area contributed by atoms with E-state index in [4.69, 9.17) is 5.73 Å². The number of aliphatic hydroxyl groups excluding tert-OH is 2. The maximum atomic E-state index is 12.0. The van der Waals surface area contributed by atoms with Crippen LogP contribution >= 0.6 is 0 Å². The molecule has 5 heteroatoms. The first-order valence-electron chi connectivity index (χ1n) is 5.85. The van der Waals surface area contributed by atoms with Gasteiger partial charge < -0.3 is 21.3 Å². The van der Waals surface area contributed by atoms with Gasteiger partial charge in [0.2, 0.25) is 5.91 Å². The smallest absolute Gasteiger partial charge is 0.240 e. The van der Waals surface area contributed by atoms with Crippen molar-refractivity contribution in [3.8, 4) is 0 Å². The molecule has 0 atom stereocenters. The van der Waals surface area contributed by atoms with E-state index >= 15 is 0 Å². The van der Waals surface area contributed by atoms with E-state index in [0.717, 1.165) is 12.8 Å². The molecule has 1 aliphatic rings. The highest BCUT2D eigenvalue weighted by molar-refractivity contribution is 5.87. The Hall–Kier alpha value is -0.650. The van der Waals surface area contributed by atoms with Gasteiger partial charge in [-0.05, 0) is 19.3 Å². The second-order valence-electron chi connectivity index (χ2n) is 4.77. The standard InChI is InChI=1S/C11H22N2O3/c1-2-10(7-14,8-15)13-9(16)11(12)5-3-4-6-11/h14-15H,2-8,12H2,1H3,(H,13,16). The fraction of sp³-hybridized carbons (Fsp3) is 0.909. The fourth-order valence-electron chi connectivity index (χ4n) is 2.04. The van der Waals surface area contributed by atoms with Crippen molar-refractivity contribution in [2.45, 2.75) is 50.1 Å². The monoisotopic (exact) mass is 230 g/mol. The van der Waals surface area contributed by atoms with Crippen LogP contribution in [-0.4, -0.2) is 40.4 Å². The molecule has 1 saturated carbocycles. The molecule has 0 aliphatic heterocycles. The van der Waals surface area contributed by atoms with E-state index in [9.17, 15) is 15.0 Å². The van der Waals surface area contributed by atoms with E-state index in [-0.39, 0.29) is 19.1 Å². The minimum atomic E-state index is -0.938. The molecule has 16 heavy (non-hydrogen) atoms. The summed E-state index contributed by atoms with van der Waals surface area (Å²) in [5, 5.41) is 21.2. The largest absolute Gasteiger partial charge is 0.394 e. The third-order valence-corrected chi connectivity index (χ3v) is 3.61. The molecule has 5 nitrogen and oxygen atoms in total. The number of aliphatic hydroxyl groups is 2. The van der Waals surface area contributed by atoms with E-state index in [0.29, 0.717) is 19.3 Å². The number of amides is 1. The van der Waals surface area contributed by atoms with Crippen LogP contribution in [0, 0.1) is 0 Å². The molecule has 0 bridgehead atoms. The lowest BCUT2D eigenvalue weighted by molar-refractivity contribution is -0.129. The van der Waals surface area contributed by atoms with Crippen LogP contribution in [0.25, 0.3) is 0 Å².